The Morgan fingerprint density at radius 1 is 1.38 bits per heavy atom. The molecule has 0 spiro atoms. The van der Waals surface area contributed by atoms with E-state index < -0.39 is 5.97 Å². The second-order valence-electron chi connectivity index (χ2n) is 5.04. The second kappa shape index (κ2) is 7.64. The number of hydrogen-bond acceptors (Lipinski definition) is 3. The maximum absolute atomic E-state index is 12.2. The highest BCUT2D eigenvalue weighted by Crippen LogP contribution is 2.16. The van der Waals surface area contributed by atoms with E-state index in [0.717, 1.165) is 0 Å². The van der Waals surface area contributed by atoms with Crippen molar-refractivity contribution in [3.63, 3.8) is 0 Å². The first-order chi connectivity index (χ1) is 9.86. The zero-order valence-corrected chi connectivity index (χ0v) is 12.8. The van der Waals surface area contributed by atoms with Gasteiger partial charge < -0.3 is 20.1 Å². The van der Waals surface area contributed by atoms with Gasteiger partial charge in [-0.3, -0.25) is 0 Å². The molecule has 1 aromatic carbocycles. The molecule has 0 aromatic heterocycles. The largest absolute Gasteiger partial charge is 0.478 e. The van der Waals surface area contributed by atoms with Gasteiger partial charge in [-0.25, -0.2) is 9.59 Å². The number of carbonyl (C=O) groups is 2. The number of hydrogen-bond donors (Lipinski definition) is 2. The molecule has 0 atom stereocenters. The number of benzene rings is 1. The average molecular weight is 294 g/mol. The van der Waals surface area contributed by atoms with Gasteiger partial charge in [0.1, 0.15) is 0 Å². The predicted octanol–water partition coefficient (Wildman–Crippen LogP) is 2.58. The van der Waals surface area contributed by atoms with E-state index in [1.54, 1.807) is 31.1 Å². The zero-order valence-electron chi connectivity index (χ0n) is 12.8. The molecule has 1 rings (SSSR count). The van der Waals surface area contributed by atoms with Crippen molar-refractivity contribution >= 4 is 17.7 Å². The molecule has 2 amide bonds. The number of aromatic carboxylic acids is 1. The molecule has 21 heavy (non-hydrogen) atoms. The van der Waals surface area contributed by atoms with Gasteiger partial charge in [0, 0.05) is 25.4 Å². The molecule has 2 N–H and O–H groups in total. The third-order valence-electron chi connectivity index (χ3n) is 3.14. The molecule has 0 aliphatic rings. The van der Waals surface area contributed by atoms with Crippen LogP contribution in [0.3, 0.4) is 0 Å². The summed E-state index contributed by atoms with van der Waals surface area (Å²) >= 11 is 0. The number of nitrogens with one attached hydrogen (secondary N) is 1. The molecule has 0 aliphatic heterocycles. The van der Waals surface area contributed by atoms with Gasteiger partial charge >= 0.3 is 12.0 Å². The van der Waals surface area contributed by atoms with Crippen LogP contribution in [0.5, 0.6) is 0 Å². The fourth-order valence-electron chi connectivity index (χ4n) is 1.91. The quantitative estimate of drug-likeness (QED) is 0.845. The van der Waals surface area contributed by atoms with Gasteiger partial charge in [-0.15, -0.1) is 0 Å². The summed E-state index contributed by atoms with van der Waals surface area (Å²) in [7, 11) is 1.58. The minimum Gasteiger partial charge on any atom is -0.478 e. The lowest BCUT2D eigenvalue weighted by molar-refractivity contribution is 0.0696. The fraction of sp³-hybridized carbons (Fsp3) is 0.467. The molecule has 0 unspecified atom stereocenters. The van der Waals surface area contributed by atoms with Crippen LogP contribution in [0.15, 0.2) is 18.2 Å². The van der Waals surface area contributed by atoms with E-state index in [1.807, 2.05) is 13.8 Å². The highest BCUT2D eigenvalue weighted by molar-refractivity contribution is 5.94. The maximum Gasteiger partial charge on any atom is 0.336 e. The van der Waals surface area contributed by atoms with E-state index in [0.29, 0.717) is 24.4 Å². The van der Waals surface area contributed by atoms with Gasteiger partial charge in [-0.05, 0) is 38.5 Å². The van der Waals surface area contributed by atoms with Crippen molar-refractivity contribution in [1.29, 1.82) is 0 Å². The lowest BCUT2D eigenvalue weighted by Gasteiger charge is -2.26. The molecule has 0 fully saturated rings. The third kappa shape index (κ3) is 4.75. The summed E-state index contributed by atoms with van der Waals surface area (Å²) in [5.74, 6) is -1.01. The highest BCUT2D eigenvalue weighted by atomic mass is 16.5. The number of anilines is 1. The molecule has 1 aromatic rings. The molecule has 0 bridgehead atoms. The van der Waals surface area contributed by atoms with Crippen LogP contribution < -0.4 is 5.32 Å². The van der Waals surface area contributed by atoms with E-state index >= 15 is 0 Å². The van der Waals surface area contributed by atoms with Crippen molar-refractivity contribution in [1.82, 2.24) is 4.90 Å². The smallest absolute Gasteiger partial charge is 0.336 e. The molecular weight excluding hydrogens is 272 g/mol. The number of ether oxygens (including phenoxy) is 1. The monoisotopic (exact) mass is 294 g/mol. The van der Waals surface area contributed by atoms with Crippen molar-refractivity contribution in [3.8, 4) is 0 Å². The van der Waals surface area contributed by atoms with Crippen LogP contribution in [-0.4, -0.2) is 48.3 Å². The Balaban J connectivity index is 2.86. The van der Waals surface area contributed by atoms with Gasteiger partial charge in [0.15, 0.2) is 0 Å². The van der Waals surface area contributed by atoms with Gasteiger partial charge in [-0.2, -0.15) is 0 Å². The Morgan fingerprint density at radius 2 is 2.05 bits per heavy atom. The predicted molar refractivity (Wildman–Crippen MR) is 80.9 cm³/mol. The lowest BCUT2D eigenvalue weighted by Crippen LogP contribution is -2.42. The normalized spacial score (nSPS) is 10.5. The Bertz CT molecular complexity index is 514. The van der Waals surface area contributed by atoms with Crippen molar-refractivity contribution in [3.05, 3.63) is 29.3 Å². The molecule has 0 heterocycles. The summed E-state index contributed by atoms with van der Waals surface area (Å²) in [6.45, 7) is 6.45. The first-order valence-electron chi connectivity index (χ1n) is 6.77. The number of carboxylic acids is 1. The molecule has 0 saturated carbocycles. The summed E-state index contributed by atoms with van der Waals surface area (Å²) in [6, 6.07) is 4.57. The number of amides is 2. The lowest BCUT2D eigenvalue weighted by atomic mass is 10.1. The van der Waals surface area contributed by atoms with Gasteiger partial charge in [0.25, 0.3) is 0 Å². The van der Waals surface area contributed by atoms with Crippen LogP contribution in [0.4, 0.5) is 10.5 Å². The zero-order chi connectivity index (χ0) is 16.0. The number of carboxylic acid groups (broad SMARTS) is 1. The molecule has 6 heteroatoms. The van der Waals surface area contributed by atoms with E-state index in [-0.39, 0.29) is 17.6 Å². The minimum absolute atomic E-state index is 0.0181. The second-order valence-corrected chi connectivity index (χ2v) is 5.04. The Morgan fingerprint density at radius 3 is 2.57 bits per heavy atom. The van der Waals surface area contributed by atoms with Crippen molar-refractivity contribution < 1.29 is 19.4 Å². The van der Waals surface area contributed by atoms with Gasteiger partial charge in [0.2, 0.25) is 0 Å². The van der Waals surface area contributed by atoms with Gasteiger partial charge in [0.05, 0.1) is 12.2 Å². The summed E-state index contributed by atoms with van der Waals surface area (Å²) in [6.07, 6.45) is 0. The van der Waals surface area contributed by atoms with E-state index in [9.17, 15) is 9.59 Å². The number of aryl methyl sites for hydroxylation is 1. The molecule has 0 saturated heterocycles. The number of methoxy groups -OCH3 is 1. The first kappa shape index (κ1) is 17.0. The summed E-state index contributed by atoms with van der Waals surface area (Å²) in [5, 5.41) is 11.8. The summed E-state index contributed by atoms with van der Waals surface area (Å²) in [4.78, 5) is 25.0. The van der Waals surface area contributed by atoms with Crippen molar-refractivity contribution in [2.75, 3.05) is 25.6 Å². The van der Waals surface area contributed by atoms with Crippen LogP contribution in [0.1, 0.15) is 29.8 Å². The fourth-order valence-corrected chi connectivity index (χ4v) is 1.91. The summed E-state index contributed by atoms with van der Waals surface area (Å²) < 4.78 is 4.99. The number of nitrogens with zero attached hydrogens (tertiary/aromatic N) is 1. The topological polar surface area (TPSA) is 78.9 Å². The van der Waals surface area contributed by atoms with Gasteiger partial charge in [-0.1, -0.05) is 6.07 Å². The Kier molecular flexibility index (Phi) is 6.17. The van der Waals surface area contributed by atoms with Crippen LogP contribution >= 0.6 is 0 Å². The molecular formula is C15H22N2O4. The number of rotatable bonds is 6. The molecule has 0 radical (unpaired) electrons. The van der Waals surface area contributed by atoms with Crippen molar-refractivity contribution in [2.24, 2.45) is 0 Å². The van der Waals surface area contributed by atoms with E-state index in [4.69, 9.17) is 9.84 Å². The maximum atomic E-state index is 12.2. The highest BCUT2D eigenvalue weighted by Gasteiger charge is 2.17. The van der Waals surface area contributed by atoms with E-state index in [1.165, 1.54) is 6.07 Å². The minimum atomic E-state index is -1.01. The van der Waals surface area contributed by atoms with Crippen LogP contribution in [0.2, 0.25) is 0 Å². The number of urea groups is 1. The Labute approximate surface area is 124 Å². The van der Waals surface area contributed by atoms with Crippen LogP contribution in [-0.2, 0) is 4.74 Å². The average Bonchev–Trinajstić information content (AvgIpc) is 2.40. The summed E-state index contributed by atoms with van der Waals surface area (Å²) in [5.41, 5.74) is 1.30. The molecule has 6 nitrogen and oxygen atoms in total. The standard InChI is InChI=1S/C15H22N2O4/c1-10(2)17(7-8-21-4)15(20)16-12-6-5-11(3)13(9-12)14(18)19/h5-6,9-10H,7-8H2,1-4H3,(H,16,20)(H,18,19). The first-order valence-corrected chi connectivity index (χ1v) is 6.77. The van der Waals surface area contributed by atoms with Crippen molar-refractivity contribution in [2.45, 2.75) is 26.8 Å². The Hall–Kier alpha value is -2.08. The van der Waals surface area contributed by atoms with E-state index in [2.05, 4.69) is 5.32 Å². The van der Waals surface area contributed by atoms with Crippen LogP contribution in [0, 0.1) is 6.92 Å². The van der Waals surface area contributed by atoms with Crippen LogP contribution in [0.25, 0.3) is 0 Å². The molecule has 116 valence electrons. The third-order valence-corrected chi connectivity index (χ3v) is 3.14. The number of carbonyl (C=O) groups excluding carboxylic acids is 1. The molecule has 0 aliphatic carbocycles. The SMILES string of the molecule is COCCN(C(=O)Nc1ccc(C)c(C(=O)O)c1)C(C)C.